The van der Waals surface area contributed by atoms with E-state index in [9.17, 15) is 18.8 Å². The molecule has 0 aliphatic rings. The van der Waals surface area contributed by atoms with Gasteiger partial charge in [-0.1, -0.05) is 36.4 Å². The van der Waals surface area contributed by atoms with Crippen molar-refractivity contribution < 1.29 is 23.5 Å². The average molecular weight is 358 g/mol. The van der Waals surface area contributed by atoms with Crippen molar-refractivity contribution in [2.45, 2.75) is 6.10 Å². The number of esters is 1. The van der Waals surface area contributed by atoms with Crippen LogP contribution < -0.4 is 5.32 Å². The van der Waals surface area contributed by atoms with Gasteiger partial charge in [-0.25, -0.2) is 4.39 Å². The zero-order chi connectivity index (χ0) is 19.1. The third-order valence-corrected chi connectivity index (χ3v) is 3.50. The number of rotatable bonds is 6. The molecule has 0 aromatic heterocycles. The van der Waals surface area contributed by atoms with E-state index in [0.717, 1.165) is 6.07 Å². The number of likely N-dealkylation sites (N-methyl/N-ethyl adjacent to an activating group) is 1. The Kier molecular flexibility index (Phi) is 6.43. The van der Waals surface area contributed by atoms with E-state index in [2.05, 4.69) is 5.32 Å². The van der Waals surface area contributed by atoms with Crippen LogP contribution in [0.1, 0.15) is 22.0 Å². The van der Waals surface area contributed by atoms with Crippen LogP contribution in [0.5, 0.6) is 0 Å². The minimum Gasteiger partial charge on any atom is -0.446 e. The molecule has 0 radical (unpaired) electrons. The van der Waals surface area contributed by atoms with E-state index in [1.165, 1.54) is 23.1 Å². The van der Waals surface area contributed by atoms with Crippen LogP contribution in [0, 0.1) is 5.82 Å². The monoisotopic (exact) mass is 358 g/mol. The summed E-state index contributed by atoms with van der Waals surface area (Å²) in [7, 11) is 3.11. The molecule has 26 heavy (non-hydrogen) atoms. The lowest BCUT2D eigenvalue weighted by molar-refractivity contribution is -0.158. The molecule has 2 rings (SSSR count). The van der Waals surface area contributed by atoms with Crippen molar-refractivity contribution in [1.82, 2.24) is 10.2 Å². The van der Waals surface area contributed by atoms with Crippen LogP contribution in [-0.4, -0.2) is 43.3 Å². The van der Waals surface area contributed by atoms with E-state index in [0.29, 0.717) is 5.56 Å². The smallest absolute Gasteiger partial charge is 0.326 e. The Morgan fingerprint density at radius 2 is 1.77 bits per heavy atom. The number of hydrogen-bond acceptors (Lipinski definition) is 4. The van der Waals surface area contributed by atoms with Gasteiger partial charge in [-0.05, 0) is 18.2 Å². The predicted octanol–water partition coefficient (Wildman–Crippen LogP) is 1.93. The molecular weight excluding hydrogens is 339 g/mol. The van der Waals surface area contributed by atoms with E-state index in [4.69, 9.17) is 4.74 Å². The molecule has 2 aromatic carbocycles. The summed E-state index contributed by atoms with van der Waals surface area (Å²) >= 11 is 0. The highest BCUT2D eigenvalue weighted by Crippen LogP contribution is 2.19. The van der Waals surface area contributed by atoms with Crippen molar-refractivity contribution in [2.75, 3.05) is 20.6 Å². The first-order chi connectivity index (χ1) is 12.4. The topological polar surface area (TPSA) is 75.7 Å². The third-order valence-electron chi connectivity index (χ3n) is 3.50. The lowest BCUT2D eigenvalue weighted by Crippen LogP contribution is -2.35. The zero-order valence-corrected chi connectivity index (χ0v) is 14.4. The zero-order valence-electron chi connectivity index (χ0n) is 14.4. The van der Waals surface area contributed by atoms with Crippen molar-refractivity contribution in [2.24, 2.45) is 0 Å². The summed E-state index contributed by atoms with van der Waals surface area (Å²) < 4.78 is 18.4. The fourth-order valence-corrected chi connectivity index (χ4v) is 2.18. The number of halogens is 1. The average Bonchev–Trinajstić information content (AvgIpc) is 2.64. The van der Waals surface area contributed by atoms with Gasteiger partial charge in [0.1, 0.15) is 12.4 Å². The maximum Gasteiger partial charge on any atom is 0.326 e. The number of carbonyl (C=O) groups is 3. The van der Waals surface area contributed by atoms with Crippen molar-refractivity contribution >= 4 is 17.8 Å². The van der Waals surface area contributed by atoms with E-state index in [1.54, 1.807) is 44.4 Å². The van der Waals surface area contributed by atoms with Crippen LogP contribution in [0.3, 0.4) is 0 Å². The summed E-state index contributed by atoms with van der Waals surface area (Å²) in [6.07, 6.45) is -1.11. The SMILES string of the molecule is CN(C)C(=O)[C@@H](OC(=O)CNC(=O)c1cccc(F)c1)c1ccccc1. The number of carbonyl (C=O) groups excluding carboxylic acids is 3. The molecule has 6 nitrogen and oxygen atoms in total. The lowest BCUT2D eigenvalue weighted by atomic mass is 10.1. The highest BCUT2D eigenvalue weighted by Gasteiger charge is 2.26. The fourth-order valence-electron chi connectivity index (χ4n) is 2.18. The molecule has 0 saturated carbocycles. The highest BCUT2D eigenvalue weighted by atomic mass is 19.1. The normalized spacial score (nSPS) is 11.3. The second kappa shape index (κ2) is 8.75. The van der Waals surface area contributed by atoms with Crippen LogP contribution in [-0.2, 0) is 14.3 Å². The highest BCUT2D eigenvalue weighted by molar-refractivity contribution is 5.96. The third kappa shape index (κ3) is 5.14. The van der Waals surface area contributed by atoms with E-state index in [1.807, 2.05) is 0 Å². The quantitative estimate of drug-likeness (QED) is 0.801. The Bertz CT molecular complexity index is 793. The van der Waals surface area contributed by atoms with Gasteiger partial charge in [-0.3, -0.25) is 14.4 Å². The number of nitrogens with one attached hydrogen (secondary N) is 1. The Labute approximate surface area is 150 Å². The molecule has 0 spiro atoms. The van der Waals surface area contributed by atoms with Crippen molar-refractivity contribution in [3.05, 3.63) is 71.5 Å². The molecule has 0 saturated heterocycles. The van der Waals surface area contributed by atoms with Gasteiger partial charge in [0.25, 0.3) is 11.8 Å². The second-order valence-corrected chi connectivity index (χ2v) is 5.71. The molecule has 0 unspecified atom stereocenters. The van der Waals surface area contributed by atoms with Crippen molar-refractivity contribution in [1.29, 1.82) is 0 Å². The van der Waals surface area contributed by atoms with Gasteiger partial charge < -0.3 is 15.0 Å². The molecule has 136 valence electrons. The Morgan fingerprint density at radius 1 is 1.08 bits per heavy atom. The van der Waals surface area contributed by atoms with Crippen LogP contribution in [0.15, 0.2) is 54.6 Å². The first-order valence-electron chi connectivity index (χ1n) is 7.88. The Morgan fingerprint density at radius 3 is 2.38 bits per heavy atom. The van der Waals surface area contributed by atoms with E-state index >= 15 is 0 Å². The predicted molar refractivity (Wildman–Crippen MR) is 92.7 cm³/mol. The standard InChI is InChI=1S/C19H19FN2O4/c1-22(2)19(25)17(13-7-4-3-5-8-13)26-16(23)12-21-18(24)14-9-6-10-15(20)11-14/h3-11,17H,12H2,1-2H3,(H,21,24)/t17-/m0/s1. The van der Waals surface area contributed by atoms with Crippen molar-refractivity contribution in [3.8, 4) is 0 Å². The summed E-state index contributed by atoms with van der Waals surface area (Å²) in [5.74, 6) is -2.35. The van der Waals surface area contributed by atoms with Crippen LogP contribution in [0.4, 0.5) is 4.39 Å². The molecule has 2 aromatic rings. The second-order valence-electron chi connectivity index (χ2n) is 5.71. The first-order valence-corrected chi connectivity index (χ1v) is 7.88. The fraction of sp³-hybridized carbons (Fsp3) is 0.211. The van der Waals surface area contributed by atoms with Crippen LogP contribution >= 0.6 is 0 Å². The first kappa shape index (κ1) is 19.1. The molecule has 2 amide bonds. The Hall–Kier alpha value is -3.22. The minimum atomic E-state index is -1.11. The molecule has 0 fully saturated rings. The van der Waals surface area contributed by atoms with Gasteiger partial charge >= 0.3 is 5.97 Å². The minimum absolute atomic E-state index is 0.0850. The summed E-state index contributed by atoms with van der Waals surface area (Å²) in [5.41, 5.74) is 0.609. The molecule has 1 atom stereocenters. The number of nitrogens with zero attached hydrogens (tertiary/aromatic N) is 1. The van der Waals surface area contributed by atoms with Gasteiger partial charge in [0.2, 0.25) is 6.10 Å². The molecule has 0 bridgehead atoms. The molecule has 0 heterocycles. The molecule has 0 aliphatic heterocycles. The molecule has 0 aliphatic carbocycles. The maximum absolute atomic E-state index is 13.1. The van der Waals surface area contributed by atoms with Crippen molar-refractivity contribution in [3.63, 3.8) is 0 Å². The Balaban J connectivity index is 2.01. The number of ether oxygens (including phenoxy) is 1. The summed E-state index contributed by atoms with van der Waals surface area (Å²) in [6.45, 7) is -0.445. The van der Waals surface area contributed by atoms with E-state index in [-0.39, 0.29) is 5.56 Å². The molecule has 7 heteroatoms. The lowest BCUT2D eigenvalue weighted by Gasteiger charge is -2.21. The number of amides is 2. The summed E-state index contributed by atoms with van der Waals surface area (Å²) in [4.78, 5) is 37.6. The van der Waals surface area contributed by atoms with E-state index < -0.39 is 36.2 Å². The maximum atomic E-state index is 13.1. The summed E-state index contributed by atoms with van der Waals surface area (Å²) in [6, 6.07) is 13.7. The largest absolute Gasteiger partial charge is 0.446 e. The number of hydrogen-bond donors (Lipinski definition) is 1. The van der Waals surface area contributed by atoms with Gasteiger partial charge in [0.05, 0.1) is 0 Å². The molecular formula is C19H19FN2O4. The van der Waals surface area contributed by atoms with Gasteiger partial charge in [0.15, 0.2) is 0 Å². The van der Waals surface area contributed by atoms with Gasteiger partial charge in [0, 0.05) is 25.2 Å². The molecule has 1 N–H and O–H groups in total. The number of benzene rings is 2. The van der Waals surface area contributed by atoms with Crippen LogP contribution in [0.25, 0.3) is 0 Å². The van der Waals surface area contributed by atoms with Gasteiger partial charge in [-0.2, -0.15) is 0 Å². The van der Waals surface area contributed by atoms with Gasteiger partial charge in [-0.15, -0.1) is 0 Å². The van der Waals surface area contributed by atoms with Crippen LogP contribution in [0.2, 0.25) is 0 Å². The summed E-state index contributed by atoms with van der Waals surface area (Å²) in [5, 5.41) is 2.35.